The minimum absolute atomic E-state index is 0.486. The molecule has 0 aromatic heterocycles. The van der Waals surface area contributed by atoms with Crippen molar-refractivity contribution in [1.82, 2.24) is 5.32 Å². The van der Waals surface area contributed by atoms with Crippen LogP contribution in [0.15, 0.2) is 12.3 Å². The van der Waals surface area contributed by atoms with Gasteiger partial charge in [0.25, 0.3) is 0 Å². The van der Waals surface area contributed by atoms with Crippen molar-refractivity contribution in [3.8, 4) is 0 Å². The highest BCUT2D eigenvalue weighted by Gasteiger charge is 2.53. The molecule has 2 unspecified atom stereocenters. The van der Waals surface area contributed by atoms with Gasteiger partial charge in [-0.3, -0.25) is 0 Å². The Morgan fingerprint density at radius 1 is 1.45 bits per heavy atom. The van der Waals surface area contributed by atoms with Crippen LogP contribution in [0.3, 0.4) is 0 Å². The standard InChI is InChI=1S/C10H17N/c1-7-6-8(2)10(7)4-5-11-9(10)3/h7-8,11H,3-6H2,1-2H3. The van der Waals surface area contributed by atoms with E-state index < -0.39 is 0 Å². The van der Waals surface area contributed by atoms with E-state index in [1.807, 2.05) is 0 Å². The highest BCUT2D eigenvalue weighted by atomic mass is 15.0. The molecule has 0 bridgehead atoms. The molecule has 2 rings (SSSR count). The third-order valence-corrected chi connectivity index (χ3v) is 3.90. The highest BCUT2D eigenvalue weighted by molar-refractivity contribution is 5.22. The van der Waals surface area contributed by atoms with E-state index in [0.29, 0.717) is 5.41 Å². The molecule has 1 spiro atoms. The lowest BCUT2D eigenvalue weighted by atomic mass is 9.52. The summed E-state index contributed by atoms with van der Waals surface area (Å²) in [5.41, 5.74) is 1.80. The third kappa shape index (κ3) is 0.666. The van der Waals surface area contributed by atoms with Crippen LogP contribution in [-0.4, -0.2) is 6.54 Å². The van der Waals surface area contributed by atoms with Crippen LogP contribution in [0, 0.1) is 17.3 Å². The summed E-state index contributed by atoms with van der Waals surface area (Å²) in [6.45, 7) is 9.98. The molecule has 1 nitrogen and oxygen atoms in total. The van der Waals surface area contributed by atoms with E-state index in [-0.39, 0.29) is 0 Å². The lowest BCUT2D eigenvalue weighted by molar-refractivity contribution is 0.0129. The molecule has 0 amide bonds. The van der Waals surface area contributed by atoms with Gasteiger partial charge in [-0.25, -0.2) is 0 Å². The number of allylic oxidation sites excluding steroid dienone is 1. The van der Waals surface area contributed by atoms with Gasteiger partial charge in [0.1, 0.15) is 0 Å². The maximum absolute atomic E-state index is 4.12. The summed E-state index contributed by atoms with van der Waals surface area (Å²) in [5, 5.41) is 3.38. The Morgan fingerprint density at radius 3 is 2.36 bits per heavy atom. The summed E-state index contributed by atoms with van der Waals surface area (Å²) in [4.78, 5) is 0. The maximum Gasteiger partial charge on any atom is 0.0163 e. The summed E-state index contributed by atoms with van der Waals surface area (Å²) >= 11 is 0. The number of rotatable bonds is 0. The predicted molar refractivity (Wildman–Crippen MR) is 47.1 cm³/mol. The van der Waals surface area contributed by atoms with E-state index in [2.05, 4.69) is 25.7 Å². The smallest absolute Gasteiger partial charge is 0.0163 e. The Kier molecular flexibility index (Phi) is 1.33. The topological polar surface area (TPSA) is 12.0 Å². The Morgan fingerprint density at radius 2 is 2.09 bits per heavy atom. The SMILES string of the molecule is C=C1NCCC12C(C)CC2C. The summed E-state index contributed by atoms with van der Waals surface area (Å²) in [7, 11) is 0. The summed E-state index contributed by atoms with van der Waals surface area (Å²) in [5.74, 6) is 1.72. The van der Waals surface area contributed by atoms with Crippen molar-refractivity contribution in [2.75, 3.05) is 6.54 Å². The van der Waals surface area contributed by atoms with E-state index in [1.165, 1.54) is 18.5 Å². The first-order valence-electron chi connectivity index (χ1n) is 4.61. The molecule has 0 aromatic rings. The summed E-state index contributed by atoms with van der Waals surface area (Å²) in [6.07, 6.45) is 2.70. The molecule has 2 atom stereocenters. The minimum atomic E-state index is 0.486. The van der Waals surface area contributed by atoms with Crippen molar-refractivity contribution >= 4 is 0 Å². The van der Waals surface area contributed by atoms with Gasteiger partial charge in [0.15, 0.2) is 0 Å². The molecular formula is C10H17N. The summed E-state index contributed by atoms with van der Waals surface area (Å²) < 4.78 is 0. The molecule has 1 aliphatic heterocycles. The monoisotopic (exact) mass is 151 g/mol. The first kappa shape index (κ1) is 7.20. The molecule has 1 heterocycles. The molecule has 1 N–H and O–H groups in total. The van der Waals surface area contributed by atoms with Crippen molar-refractivity contribution in [1.29, 1.82) is 0 Å². The first-order valence-corrected chi connectivity index (χ1v) is 4.61. The van der Waals surface area contributed by atoms with Gasteiger partial charge < -0.3 is 5.32 Å². The average Bonchev–Trinajstić information content (AvgIpc) is 2.34. The van der Waals surface area contributed by atoms with Crippen LogP contribution in [0.5, 0.6) is 0 Å². The Labute approximate surface area is 68.9 Å². The second-order valence-corrected chi connectivity index (χ2v) is 4.23. The van der Waals surface area contributed by atoms with E-state index >= 15 is 0 Å². The van der Waals surface area contributed by atoms with E-state index in [9.17, 15) is 0 Å². The van der Waals surface area contributed by atoms with Gasteiger partial charge in [-0.2, -0.15) is 0 Å². The zero-order chi connectivity index (χ0) is 8.06. The van der Waals surface area contributed by atoms with Crippen molar-refractivity contribution < 1.29 is 0 Å². The third-order valence-electron chi connectivity index (χ3n) is 3.90. The number of hydrogen-bond acceptors (Lipinski definition) is 1. The van der Waals surface area contributed by atoms with Gasteiger partial charge >= 0.3 is 0 Å². The largest absolute Gasteiger partial charge is 0.388 e. The first-order chi connectivity index (χ1) is 5.18. The van der Waals surface area contributed by atoms with Gasteiger partial charge in [0.2, 0.25) is 0 Å². The second kappa shape index (κ2) is 2.02. The van der Waals surface area contributed by atoms with Crippen LogP contribution in [-0.2, 0) is 0 Å². The lowest BCUT2D eigenvalue weighted by Crippen LogP contribution is -2.46. The Bertz CT molecular complexity index is 187. The number of nitrogens with one attached hydrogen (secondary N) is 1. The predicted octanol–water partition coefficient (Wildman–Crippen LogP) is 2.16. The van der Waals surface area contributed by atoms with Crippen LogP contribution in [0.1, 0.15) is 26.7 Å². The molecule has 0 radical (unpaired) electrons. The molecule has 0 aromatic carbocycles. The molecule has 2 aliphatic rings. The van der Waals surface area contributed by atoms with Crippen molar-refractivity contribution in [3.63, 3.8) is 0 Å². The second-order valence-electron chi connectivity index (χ2n) is 4.23. The zero-order valence-corrected chi connectivity index (χ0v) is 7.48. The van der Waals surface area contributed by atoms with Crippen molar-refractivity contribution in [2.24, 2.45) is 17.3 Å². The van der Waals surface area contributed by atoms with Crippen molar-refractivity contribution in [3.05, 3.63) is 12.3 Å². The molecule has 1 saturated heterocycles. The molecular weight excluding hydrogens is 134 g/mol. The lowest BCUT2D eigenvalue weighted by Gasteiger charge is -2.52. The molecule has 1 heteroatoms. The molecule has 62 valence electrons. The van der Waals surface area contributed by atoms with Crippen LogP contribution in [0.25, 0.3) is 0 Å². The number of hydrogen-bond donors (Lipinski definition) is 1. The molecule has 11 heavy (non-hydrogen) atoms. The van der Waals surface area contributed by atoms with E-state index in [1.54, 1.807) is 0 Å². The Balaban J connectivity index is 2.26. The highest BCUT2D eigenvalue weighted by Crippen LogP contribution is 2.58. The molecule has 1 aliphatic carbocycles. The van der Waals surface area contributed by atoms with Gasteiger partial charge in [-0.1, -0.05) is 20.4 Å². The Hall–Kier alpha value is -0.460. The van der Waals surface area contributed by atoms with E-state index in [4.69, 9.17) is 0 Å². The van der Waals surface area contributed by atoms with Gasteiger partial charge in [-0.05, 0) is 24.7 Å². The molecule has 2 fully saturated rings. The van der Waals surface area contributed by atoms with Crippen LogP contribution >= 0.6 is 0 Å². The van der Waals surface area contributed by atoms with Crippen molar-refractivity contribution in [2.45, 2.75) is 26.7 Å². The van der Waals surface area contributed by atoms with Crippen LogP contribution in [0.4, 0.5) is 0 Å². The van der Waals surface area contributed by atoms with Gasteiger partial charge in [0, 0.05) is 17.7 Å². The maximum atomic E-state index is 4.12. The quantitative estimate of drug-likeness (QED) is 0.559. The fourth-order valence-corrected chi connectivity index (χ4v) is 3.10. The average molecular weight is 151 g/mol. The normalized spacial score (nSPS) is 49.1. The van der Waals surface area contributed by atoms with Gasteiger partial charge in [-0.15, -0.1) is 0 Å². The molecule has 1 saturated carbocycles. The fraction of sp³-hybridized carbons (Fsp3) is 0.800. The summed E-state index contributed by atoms with van der Waals surface area (Å²) in [6, 6.07) is 0. The van der Waals surface area contributed by atoms with Gasteiger partial charge in [0.05, 0.1) is 0 Å². The minimum Gasteiger partial charge on any atom is -0.388 e. The van der Waals surface area contributed by atoms with Crippen LogP contribution in [0.2, 0.25) is 0 Å². The van der Waals surface area contributed by atoms with Crippen LogP contribution < -0.4 is 5.32 Å². The fourth-order valence-electron chi connectivity index (χ4n) is 3.10. The van der Waals surface area contributed by atoms with E-state index in [0.717, 1.165) is 18.4 Å². The zero-order valence-electron chi connectivity index (χ0n) is 7.48.